The number of benzene rings is 2. The van der Waals surface area contributed by atoms with Gasteiger partial charge in [-0.05, 0) is 49.7 Å². The Hall–Kier alpha value is -2.04. The highest BCUT2D eigenvalue weighted by Crippen LogP contribution is 2.26. The molecule has 0 aromatic heterocycles. The van der Waals surface area contributed by atoms with Gasteiger partial charge in [-0.2, -0.15) is 0 Å². The van der Waals surface area contributed by atoms with Gasteiger partial charge in [-0.25, -0.2) is 0 Å². The van der Waals surface area contributed by atoms with E-state index in [1.807, 2.05) is 38.1 Å². The molecule has 0 aliphatic rings. The summed E-state index contributed by atoms with van der Waals surface area (Å²) in [6.07, 6.45) is 0.200. The van der Waals surface area contributed by atoms with Crippen molar-refractivity contribution in [2.75, 3.05) is 22.9 Å². The SMILES string of the molecule is CCN(C(=O)CCN(C(C)=O)c1cc(Cl)cc(Cl)c1)c1cccc(C)c1. The molecule has 2 amide bonds. The summed E-state index contributed by atoms with van der Waals surface area (Å²) in [6.45, 7) is 6.19. The highest BCUT2D eigenvalue weighted by molar-refractivity contribution is 6.35. The summed E-state index contributed by atoms with van der Waals surface area (Å²) < 4.78 is 0. The van der Waals surface area contributed by atoms with Gasteiger partial charge in [0.05, 0.1) is 0 Å². The van der Waals surface area contributed by atoms with Crippen LogP contribution in [0.1, 0.15) is 25.8 Å². The topological polar surface area (TPSA) is 40.6 Å². The fraction of sp³-hybridized carbons (Fsp3) is 0.300. The van der Waals surface area contributed by atoms with E-state index >= 15 is 0 Å². The van der Waals surface area contributed by atoms with Crippen molar-refractivity contribution in [3.63, 3.8) is 0 Å². The van der Waals surface area contributed by atoms with Crippen LogP contribution in [0.15, 0.2) is 42.5 Å². The summed E-state index contributed by atoms with van der Waals surface area (Å²) in [6, 6.07) is 12.7. The monoisotopic (exact) mass is 392 g/mol. The van der Waals surface area contributed by atoms with Crippen molar-refractivity contribution < 1.29 is 9.59 Å². The number of hydrogen-bond donors (Lipinski definition) is 0. The first-order valence-corrected chi connectivity index (χ1v) is 9.18. The van der Waals surface area contributed by atoms with E-state index in [0.717, 1.165) is 11.3 Å². The van der Waals surface area contributed by atoms with Crippen LogP contribution in [0, 0.1) is 6.92 Å². The van der Waals surface area contributed by atoms with Crippen molar-refractivity contribution in [1.29, 1.82) is 0 Å². The highest BCUT2D eigenvalue weighted by Gasteiger charge is 2.18. The number of nitrogens with zero attached hydrogens (tertiary/aromatic N) is 2. The summed E-state index contributed by atoms with van der Waals surface area (Å²) >= 11 is 12.1. The van der Waals surface area contributed by atoms with Crippen molar-refractivity contribution in [3.05, 3.63) is 58.1 Å². The molecule has 0 saturated carbocycles. The zero-order chi connectivity index (χ0) is 19.3. The molecule has 0 heterocycles. The summed E-state index contributed by atoms with van der Waals surface area (Å²) in [7, 11) is 0. The fourth-order valence-corrected chi connectivity index (χ4v) is 3.32. The van der Waals surface area contributed by atoms with Crippen molar-refractivity contribution in [2.24, 2.45) is 0 Å². The lowest BCUT2D eigenvalue weighted by molar-refractivity contribution is -0.118. The smallest absolute Gasteiger partial charge is 0.228 e. The molecule has 4 nitrogen and oxygen atoms in total. The second-order valence-corrected chi connectivity index (χ2v) is 6.90. The van der Waals surface area contributed by atoms with Crippen LogP contribution in [0.2, 0.25) is 10.0 Å². The number of rotatable bonds is 6. The molecule has 0 aliphatic carbocycles. The third-order valence-corrected chi connectivity index (χ3v) is 4.46. The molecule has 0 aliphatic heterocycles. The quantitative estimate of drug-likeness (QED) is 0.685. The van der Waals surface area contributed by atoms with Crippen LogP contribution in [0.4, 0.5) is 11.4 Å². The Labute approximate surface area is 164 Å². The lowest BCUT2D eigenvalue weighted by Crippen LogP contribution is -2.36. The van der Waals surface area contributed by atoms with Crippen LogP contribution in [0.25, 0.3) is 0 Å². The maximum Gasteiger partial charge on any atom is 0.228 e. The van der Waals surface area contributed by atoms with Gasteiger partial charge in [0.15, 0.2) is 0 Å². The largest absolute Gasteiger partial charge is 0.313 e. The van der Waals surface area contributed by atoms with Crippen molar-refractivity contribution in [2.45, 2.75) is 27.2 Å². The Morgan fingerprint density at radius 2 is 1.62 bits per heavy atom. The van der Waals surface area contributed by atoms with E-state index in [1.54, 1.807) is 23.1 Å². The van der Waals surface area contributed by atoms with E-state index in [-0.39, 0.29) is 24.8 Å². The van der Waals surface area contributed by atoms with Gasteiger partial charge in [0, 0.05) is 47.9 Å². The Balaban J connectivity index is 2.15. The van der Waals surface area contributed by atoms with Crippen LogP contribution in [-0.4, -0.2) is 24.9 Å². The molecule has 0 bridgehead atoms. The number of anilines is 2. The first-order valence-electron chi connectivity index (χ1n) is 8.43. The van der Waals surface area contributed by atoms with Gasteiger partial charge >= 0.3 is 0 Å². The number of carbonyl (C=O) groups excluding carboxylic acids is 2. The molecule has 2 aromatic rings. The molecule has 0 atom stereocenters. The lowest BCUT2D eigenvalue weighted by Gasteiger charge is -2.25. The predicted molar refractivity (Wildman–Crippen MR) is 108 cm³/mol. The van der Waals surface area contributed by atoms with E-state index in [1.165, 1.54) is 11.8 Å². The molecule has 0 radical (unpaired) electrons. The second kappa shape index (κ2) is 9.06. The Morgan fingerprint density at radius 3 is 2.15 bits per heavy atom. The normalized spacial score (nSPS) is 10.5. The standard InChI is InChI=1S/C20H22Cl2N2O2/c1-4-23(18-7-5-6-14(2)10-18)20(26)8-9-24(15(3)25)19-12-16(21)11-17(22)13-19/h5-7,10-13H,4,8-9H2,1-3H3. The molecule has 0 fully saturated rings. The summed E-state index contributed by atoms with van der Waals surface area (Å²) in [5.41, 5.74) is 2.53. The number of carbonyl (C=O) groups is 2. The van der Waals surface area contributed by atoms with Crippen LogP contribution in [0.3, 0.4) is 0 Å². The van der Waals surface area contributed by atoms with Crippen LogP contribution >= 0.6 is 23.2 Å². The first kappa shape index (κ1) is 20.3. The van der Waals surface area contributed by atoms with Gasteiger partial charge in [0.1, 0.15) is 0 Å². The molecule has 26 heavy (non-hydrogen) atoms. The third kappa shape index (κ3) is 5.23. The van der Waals surface area contributed by atoms with Gasteiger partial charge in [0.2, 0.25) is 11.8 Å². The molecule has 2 aromatic carbocycles. The molecule has 0 N–H and O–H groups in total. The van der Waals surface area contributed by atoms with Crippen molar-refractivity contribution >= 4 is 46.4 Å². The maximum absolute atomic E-state index is 12.7. The Kier molecular flexibility index (Phi) is 7.06. The number of hydrogen-bond acceptors (Lipinski definition) is 2. The second-order valence-electron chi connectivity index (χ2n) is 6.03. The minimum Gasteiger partial charge on any atom is -0.313 e. The molecular formula is C20H22Cl2N2O2. The molecule has 2 rings (SSSR count). The molecule has 6 heteroatoms. The van der Waals surface area contributed by atoms with Gasteiger partial charge in [-0.1, -0.05) is 35.3 Å². The average molecular weight is 393 g/mol. The van der Waals surface area contributed by atoms with Crippen LogP contribution < -0.4 is 9.80 Å². The number of aryl methyl sites for hydroxylation is 1. The van der Waals surface area contributed by atoms with Gasteiger partial charge < -0.3 is 9.80 Å². The predicted octanol–water partition coefficient (Wildman–Crippen LogP) is 5.10. The van der Waals surface area contributed by atoms with Gasteiger partial charge in [-0.15, -0.1) is 0 Å². The molecular weight excluding hydrogens is 371 g/mol. The Morgan fingerprint density at radius 1 is 0.962 bits per heavy atom. The van der Waals surface area contributed by atoms with E-state index in [0.29, 0.717) is 22.3 Å². The summed E-state index contributed by atoms with van der Waals surface area (Å²) in [5, 5.41) is 0.889. The van der Waals surface area contributed by atoms with Gasteiger partial charge in [0.25, 0.3) is 0 Å². The van der Waals surface area contributed by atoms with E-state index in [4.69, 9.17) is 23.2 Å². The summed E-state index contributed by atoms with van der Waals surface area (Å²) in [4.78, 5) is 28.0. The summed E-state index contributed by atoms with van der Waals surface area (Å²) in [5.74, 6) is -0.216. The molecule has 0 saturated heterocycles. The average Bonchev–Trinajstić information content (AvgIpc) is 2.54. The van der Waals surface area contributed by atoms with E-state index < -0.39 is 0 Å². The van der Waals surface area contributed by atoms with Crippen LogP contribution in [-0.2, 0) is 9.59 Å². The van der Waals surface area contributed by atoms with E-state index in [9.17, 15) is 9.59 Å². The molecule has 138 valence electrons. The molecule has 0 unspecified atom stereocenters. The van der Waals surface area contributed by atoms with E-state index in [2.05, 4.69) is 0 Å². The van der Waals surface area contributed by atoms with Crippen molar-refractivity contribution in [1.82, 2.24) is 0 Å². The minimum absolute atomic E-state index is 0.0440. The number of amides is 2. The Bertz CT molecular complexity index is 788. The first-order chi connectivity index (χ1) is 12.3. The zero-order valence-electron chi connectivity index (χ0n) is 15.1. The fourth-order valence-electron chi connectivity index (χ4n) is 2.80. The molecule has 0 spiro atoms. The maximum atomic E-state index is 12.7. The van der Waals surface area contributed by atoms with Crippen molar-refractivity contribution in [3.8, 4) is 0 Å². The third-order valence-electron chi connectivity index (χ3n) is 4.02. The number of halogens is 2. The minimum atomic E-state index is -0.172. The van der Waals surface area contributed by atoms with Gasteiger partial charge in [-0.3, -0.25) is 9.59 Å². The highest BCUT2D eigenvalue weighted by atomic mass is 35.5. The zero-order valence-corrected chi connectivity index (χ0v) is 16.6. The lowest BCUT2D eigenvalue weighted by atomic mass is 10.2. The van der Waals surface area contributed by atoms with Crippen LogP contribution in [0.5, 0.6) is 0 Å².